The summed E-state index contributed by atoms with van der Waals surface area (Å²) < 4.78 is 35.6. The van der Waals surface area contributed by atoms with Crippen LogP contribution in [0, 0.1) is 6.92 Å². The lowest BCUT2D eigenvalue weighted by Crippen LogP contribution is -2.54. The average molecular weight is 707 g/mol. The van der Waals surface area contributed by atoms with Gasteiger partial charge >= 0.3 is 0 Å². The molecule has 0 aromatic heterocycles. The van der Waals surface area contributed by atoms with E-state index in [-0.39, 0.29) is 29.8 Å². The zero-order chi connectivity index (χ0) is 33.3. The van der Waals surface area contributed by atoms with Crippen LogP contribution in [0.2, 0.25) is 0 Å². The minimum Gasteiger partial charge on any atom is -0.497 e. The molecule has 8 nitrogen and oxygen atoms in total. The van der Waals surface area contributed by atoms with Crippen molar-refractivity contribution in [3.63, 3.8) is 0 Å². The second kappa shape index (κ2) is 15.9. The molecule has 242 valence electrons. The Morgan fingerprint density at radius 1 is 0.891 bits per heavy atom. The van der Waals surface area contributed by atoms with Crippen LogP contribution >= 0.6 is 15.9 Å². The number of sulfonamides is 1. The Morgan fingerprint density at radius 3 is 2.17 bits per heavy atom. The van der Waals surface area contributed by atoms with E-state index in [2.05, 4.69) is 21.2 Å². The van der Waals surface area contributed by atoms with E-state index in [0.717, 1.165) is 25.5 Å². The highest BCUT2D eigenvalue weighted by Gasteiger charge is 2.35. The first-order valence-electron chi connectivity index (χ1n) is 15.1. The van der Waals surface area contributed by atoms with Gasteiger partial charge in [0.05, 0.1) is 17.7 Å². The largest absolute Gasteiger partial charge is 0.497 e. The summed E-state index contributed by atoms with van der Waals surface area (Å²) >= 11 is 3.41. The number of rotatable bonds is 14. The molecule has 2 atom stereocenters. The first-order valence-corrected chi connectivity index (χ1v) is 17.4. The van der Waals surface area contributed by atoms with Crippen LogP contribution in [0.1, 0.15) is 37.0 Å². The molecule has 0 heterocycles. The maximum Gasteiger partial charge on any atom is 0.264 e. The number of ether oxygens (including phenoxy) is 1. The number of hydrogen-bond donors (Lipinski definition) is 1. The summed E-state index contributed by atoms with van der Waals surface area (Å²) in [5.74, 6) is -0.236. The molecule has 0 radical (unpaired) electrons. The van der Waals surface area contributed by atoms with Crippen molar-refractivity contribution in [1.29, 1.82) is 0 Å². The molecule has 1 N–H and O–H groups in total. The predicted molar refractivity (Wildman–Crippen MR) is 185 cm³/mol. The molecular formula is C36H40BrN3O5S. The predicted octanol–water partition coefficient (Wildman–Crippen LogP) is 6.52. The fraction of sp³-hybridized carbons (Fsp3) is 0.278. The molecule has 0 bridgehead atoms. The maximum atomic E-state index is 14.6. The van der Waals surface area contributed by atoms with Gasteiger partial charge < -0.3 is 15.0 Å². The SMILES string of the molecule is CC[C@H](C)NC(=O)[C@H](Cc1ccccc1)N(Cc1cccc(OC)c1)C(=O)CN(c1ccc(Br)cc1)S(=O)(=O)c1ccc(C)cc1. The van der Waals surface area contributed by atoms with Gasteiger partial charge in [0.15, 0.2) is 0 Å². The van der Waals surface area contributed by atoms with Crippen LogP contribution in [0.25, 0.3) is 0 Å². The van der Waals surface area contributed by atoms with Crippen LogP contribution in [0.3, 0.4) is 0 Å². The van der Waals surface area contributed by atoms with Crippen molar-refractivity contribution in [2.24, 2.45) is 0 Å². The fourth-order valence-electron chi connectivity index (χ4n) is 4.94. The van der Waals surface area contributed by atoms with E-state index in [1.54, 1.807) is 49.6 Å². The van der Waals surface area contributed by atoms with E-state index in [9.17, 15) is 18.0 Å². The third-order valence-corrected chi connectivity index (χ3v) is 10.1. The molecule has 4 rings (SSSR count). The zero-order valence-corrected chi connectivity index (χ0v) is 28.9. The molecule has 4 aromatic rings. The van der Waals surface area contributed by atoms with Gasteiger partial charge in [0.25, 0.3) is 10.0 Å². The first-order chi connectivity index (χ1) is 22.0. The molecular weight excluding hydrogens is 666 g/mol. The highest BCUT2D eigenvalue weighted by molar-refractivity contribution is 9.10. The van der Waals surface area contributed by atoms with E-state index in [1.165, 1.54) is 17.0 Å². The Balaban J connectivity index is 1.81. The lowest BCUT2D eigenvalue weighted by atomic mass is 10.0. The Bertz CT molecular complexity index is 1720. The summed E-state index contributed by atoms with van der Waals surface area (Å²) in [4.78, 5) is 30.1. The van der Waals surface area contributed by atoms with E-state index < -0.39 is 28.5 Å². The smallest absolute Gasteiger partial charge is 0.264 e. The summed E-state index contributed by atoms with van der Waals surface area (Å²) in [6.45, 7) is 5.29. The van der Waals surface area contributed by atoms with Crippen LogP contribution in [0.4, 0.5) is 5.69 Å². The van der Waals surface area contributed by atoms with Crippen LogP contribution in [-0.4, -0.2) is 50.9 Å². The molecule has 10 heteroatoms. The quantitative estimate of drug-likeness (QED) is 0.161. The third kappa shape index (κ3) is 8.98. The molecule has 0 aliphatic rings. The van der Waals surface area contributed by atoms with Gasteiger partial charge in [0, 0.05) is 23.5 Å². The normalized spacial score (nSPS) is 12.5. The number of benzene rings is 4. The minimum absolute atomic E-state index is 0.0558. The molecule has 0 spiro atoms. The van der Waals surface area contributed by atoms with Crippen molar-refractivity contribution in [1.82, 2.24) is 10.2 Å². The van der Waals surface area contributed by atoms with Crippen molar-refractivity contribution in [2.75, 3.05) is 18.0 Å². The number of carbonyl (C=O) groups excluding carboxylic acids is 2. The monoisotopic (exact) mass is 705 g/mol. The standard InChI is InChI=1S/C36H40BrN3O5S/c1-5-27(3)38-36(42)34(23-28-10-7-6-8-11-28)39(24-29-12-9-13-32(22-29)45-4)35(41)25-40(31-18-16-30(37)17-19-31)46(43,44)33-20-14-26(2)15-21-33/h6-22,27,34H,5,23-25H2,1-4H3,(H,38,42)/t27-,34-/m0/s1. The summed E-state index contributed by atoms with van der Waals surface area (Å²) in [5, 5.41) is 3.05. The lowest BCUT2D eigenvalue weighted by molar-refractivity contribution is -0.140. The molecule has 4 aromatic carbocycles. The highest BCUT2D eigenvalue weighted by atomic mass is 79.9. The molecule has 0 saturated carbocycles. The van der Waals surface area contributed by atoms with Crippen LogP contribution in [-0.2, 0) is 32.6 Å². The Hall–Kier alpha value is -4.15. The number of carbonyl (C=O) groups is 2. The van der Waals surface area contributed by atoms with Crippen molar-refractivity contribution in [2.45, 2.75) is 57.1 Å². The molecule has 2 amide bonds. The topological polar surface area (TPSA) is 96.0 Å². The number of anilines is 1. The summed E-state index contributed by atoms with van der Waals surface area (Å²) in [6, 6.07) is 29.0. The molecule has 0 unspecified atom stereocenters. The molecule has 0 fully saturated rings. The number of nitrogens with zero attached hydrogens (tertiary/aromatic N) is 2. The highest BCUT2D eigenvalue weighted by Crippen LogP contribution is 2.27. The Kier molecular flexibility index (Phi) is 12.0. The second-order valence-electron chi connectivity index (χ2n) is 11.2. The van der Waals surface area contributed by atoms with Crippen LogP contribution in [0.5, 0.6) is 5.75 Å². The van der Waals surface area contributed by atoms with Gasteiger partial charge in [0.2, 0.25) is 11.8 Å². The van der Waals surface area contributed by atoms with Gasteiger partial charge in [-0.3, -0.25) is 13.9 Å². The lowest BCUT2D eigenvalue weighted by Gasteiger charge is -2.34. The van der Waals surface area contributed by atoms with Gasteiger partial charge in [0.1, 0.15) is 18.3 Å². The number of halogens is 1. The molecule has 0 saturated heterocycles. The number of amides is 2. The van der Waals surface area contributed by atoms with E-state index in [0.29, 0.717) is 17.9 Å². The Morgan fingerprint density at radius 2 is 1.54 bits per heavy atom. The summed E-state index contributed by atoms with van der Waals surface area (Å²) in [7, 11) is -2.61. The van der Waals surface area contributed by atoms with E-state index >= 15 is 0 Å². The third-order valence-electron chi connectivity index (χ3n) is 7.76. The minimum atomic E-state index is -4.17. The molecule has 46 heavy (non-hydrogen) atoms. The van der Waals surface area contributed by atoms with Crippen molar-refractivity contribution in [3.05, 3.63) is 124 Å². The van der Waals surface area contributed by atoms with E-state index in [1.807, 2.05) is 69.3 Å². The van der Waals surface area contributed by atoms with Crippen molar-refractivity contribution in [3.8, 4) is 5.75 Å². The molecule has 0 aliphatic carbocycles. The average Bonchev–Trinajstić information content (AvgIpc) is 3.06. The van der Waals surface area contributed by atoms with Gasteiger partial charge in [-0.25, -0.2) is 8.42 Å². The second-order valence-corrected chi connectivity index (χ2v) is 14.0. The number of hydrogen-bond acceptors (Lipinski definition) is 5. The van der Waals surface area contributed by atoms with Gasteiger partial charge in [-0.2, -0.15) is 0 Å². The first kappa shape index (κ1) is 34.7. The van der Waals surface area contributed by atoms with Crippen LogP contribution < -0.4 is 14.4 Å². The molecule has 0 aliphatic heterocycles. The van der Waals surface area contributed by atoms with E-state index in [4.69, 9.17) is 4.74 Å². The number of methoxy groups -OCH3 is 1. The summed E-state index contributed by atoms with van der Waals surface area (Å²) in [6.07, 6.45) is 0.946. The van der Waals surface area contributed by atoms with Crippen LogP contribution in [0.15, 0.2) is 112 Å². The number of nitrogens with one attached hydrogen (secondary N) is 1. The fourth-order valence-corrected chi connectivity index (χ4v) is 6.61. The Labute approximate surface area is 280 Å². The van der Waals surface area contributed by atoms with Gasteiger partial charge in [-0.05, 0) is 79.9 Å². The van der Waals surface area contributed by atoms with Gasteiger partial charge in [-0.15, -0.1) is 0 Å². The van der Waals surface area contributed by atoms with Gasteiger partial charge in [-0.1, -0.05) is 83.0 Å². The summed E-state index contributed by atoms with van der Waals surface area (Å²) in [5.41, 5.74) is 2.83. The maximum absolute atomic E-state index is 14.6. The van der Waals surface area contributed by atoms with Crippen molar-refractivity contribution >= 4 is 43.5 Å². The number of aryl methyl sites for hydroxylation is 1. The van der Waals surface area contributed by atoms with Crippen molar-refractivity contribution < 1.29 is 22.7 Å². The zero-order valence-electron chi connectivity index (χ0n) is 26.5.